The van der Waals surface area contributed by atoms with Gasteiger partial charge < -0.3 is 5.32 Å². The third-order valence-corrected chi connectivity index (χ3v) is 4.17. The van der Waals surface area contributed by atoms with E-state index < -0.39 is 10.0 Å². The minimum atomic E-state index is -3.47. The third-order valence-electron chi connectivity index (χ3n) is 2.74. The highest BCUT2D eigenvalue weighted by molar-refractivity contribution is 7.89. The number of nitrogens with one attached hydrogen (secondary N) is 2. The average molecular weight is 294 g/mol. The van der Waals surface area contributed by atoms with Gasteiger partial charge >= 0.3 is 0 Å². The smallest absolute Gasteiger partial charge is 0.273 e. The van der Waals surface area contributed by atoms with Crippen LogP contribution in [0.15, 0.2) is 41.4 Å². The molecular formula is C12H14N4O3S. The van der Waals surface area contributed by atoms with Crippen LogP contribution in [0, 0.1) is 0 Å². The fourth-order valence-corrected chi connectivity index (χ4v) is 2.36. The molecule has 0 spiro atoms. The van der Waals surface area contributed by atoms with Crippen molar-refractivity contribution in [2.45, 2.75) is 4.90 Å². The highest BCUT2D eigenvalue weighted by Gasteiger charge is 2.12. The van der Waals surface area contributed by atoms with Gasteiger partial charge in [-0.3, -0.25) is 9.48 Å². The van der Waals surface area contributed by atoms with Crippen molar-refractivity contribution in [3.05, 3.63) is 42.2 Å². The Morgan fingerprint density at radius 2 is 1.85 bits per heavy atom. The van der Waals surface area contributed by atoms with Crippen LogP contribution in [0.25, 0.3) is 0 Å². The topological polar surface area (TPSA) is 93.1 Å². The van der Waals surface area contributed by atoms with E-state index in [2.05, 4.69) is 15.1 Å². The van der Waals surface area contributed by atoms with E-state index in [-0.39, 0.29) is 10.8 Å². The Kier molecular flexibility index (Phi) is 3.86. The maximum absolute atomic E-state index is 11.9. The Labute approximate surface area is 116 Å². The van der Waals surface area contributed by atoms with Crippen LogP contribution in [0.4, 0.5) is 5.69 Å². The molecule has 8 heteroatoms. The maximum atomic E-state index is 11.9. The van der Waals surface area contributed by atoms with Crippen molar-refractivity contribution in [1.29, 1.82) is 0 Å². The predicted molar refractivity (Wildman–Crippen MR) is 73.8 cm³/mol. The lowest BCUT2D eigenvalue weighted by molar-refractivity contribution is 0.101. The van der Waals surface area contributed by atoms with Gasteiger partial charge in [0.25, 0.3) is 5.91 Å². The Balaban J connectivity index is 2.16. The molecule has 0 aliphatic rings. The highest BCUT2D eigenvalue weighted by atomic mass is 32.2. The fraction of sp³-hybridized carbons (Fsp3) is 0.167. The maximum Gasteiger partial charge on any atom is 0.273 e. The van der Waals surface area contributed by atoms with Gasteiger partial charge in [0.05, 0.1) is 4.90 Å². The molecule has 2 rings (SSSR count). The van der Waals surface area contributed by atoms with E-state index in [4.69, 9.17) is 0 Å². The molecule has 0 atom stereocenters. The number of aromatic nitrogens is 2. The summed E-state index contributed by atoms with van der Waals surface area (Å²) in [6.07, 6.45) is 1.53. The van der Waals surface area contributed by atoms with E-state index in [0.29, 0.717) is 11.4 Å². The zero-order valence-electron chi connectivity index (χ0n) is 11.0. The van der Waals surface area contributed by atoms with Gasteiger partial charge in [0.15, 0.2) is 0 Å². The molecule has 0 fully saturated rings. The second-order valence-electron chi connectivity index (χ2n) is 4.03. The highest BCUT2D eigenvalue weighted by Crippen LogP contribution is 2.14. The Hall–Kier alpha value is -2.19. The van der Waals surface area contributed by atoms with Crippen LogP contribution in [0.1, 0.15) is 10.5 Å². The molecule has 1 amide bonds. The molecular weight excluding hydrogens is 280 g/mol. The number of amides is 1. The molecule has 106 valence electrons. The minimum Gasteiger partial charge on any atom is -0.321 e. The molecule has 1 aromatic heterocycles. The average Bonchev–Trinajstić information content (AvgIpc) is 2.85. The first-order valence-electron chi connectivity index (χ1n) is 5.77. The Morgan fingerprint density at radius 3 is 2.35 bits per heavy atom. The number of hydrogen-bond donors (Lipinski definition) is 2. The minimum absolute atomic E-state index is 0.138. The van der Waals surface area contributed by atoms with Crippen molar-refractivity contribution in [3.63, 3.8) is 0 Å². The quantitative estimate of drug-likeness (QED) is 0.862. The molecule has 0 unspecified atom stereocenters. The van der Waals surface area contributed by atoms with E-state index in [1.807, 2.05) is 0 Å². The standard InChI is InChI=1S/C12H14N4O3S/c1-13-20(18,19)10-5-3-9(4-6-10)15-12(17)11-7-8-14-16(11)2/h3-8,13H,1-2H3,(H,15,17). The van der Waals surface area contributed by atoms with Crippen LogP contribution in [-0.4, -0.2) is 31.2 Å². The molecule has 0 saturated carbocycles. The third kappa shape index (κ3) is 2.86. The number of anilines is 1. The van der Waals surface area contributed by atoms with Gasteiger partial charge in [-0.05, 0) is 37.4 Å². The zero-order valence-corrected chi connectivity index (χ0v) is 11.8. The fourth-order valence-electron chi connectivity index (χ4n) is 1.63. The van der Waals surface area contributed by atoms with Gasteiger partial charge in [0, 0.05) is 18.9 Å². The molecule has 1 heterocycles. The van der Waals surface area contributed by atoms with Crippen molar-refractivity contribution in [3.8, 4) is 0 Å². The molecule has 0 aliphatic carbocycles. The molecule has 0 saturated heterocycles. The van der Waals surface area contributed by atoms with Crippen LogP contribution in [0.2, 0.25) is 0 Å². The number of hydrogen-bond acceptors (Lipinski definition) is 4. The molecule has 20 heavy (non-hydrogen) atoms. The summed E-state index contributed by atoms with van der Waals surface area (Å²) < 4.78 is 26.8. The first kappa shape index (κ1) is 14.2. The second kappa shape index (κ2) is 5.43. The largest absolute Gasteiger partial charge is 0.321 e. The van der Waals surface area contributed by atoms with Crippen molar-refractivity contribution in [2.75, 3.05) is 12.4 Å². The van der Waals surface area contributed by atoms with E-state index in [9.17, 15) is 13.2 Å². The summed E-state index contributed by atoms with van der Waals surface area (Å²) in [6.45, 7) is 0. The predicted octanol–water partition coefficient (Wildman–Crippen LogP) is 0.580. The summed E-state index contributed by atoms with van der Waals surface area (Å²) in [6, 6.07) is 7.49. The summed E-state index contributed by atoms with van der Waals surface area (Å²) in [4.78, 5) is 12.1. The van der Waals surface area contributed by atoms with Gasteiger partial charge in [-0.2, -0.15) is 5.10 Å². The van der Waals surface area contributed by atoms with Crippen molar-refractivity contribution < 1.29 is 13.2 Å². The summed E-state index contributed by atoms with van der Waals surface area (Å²) in [5, 5.41) is 6.57. The lowest BCUT2D eigenvalue weighted by Gasteiger charge is -2.07. The van der Waals surface area contributed by atoms with E-state index in [0.717, 1.165) is 0 Å². The van der Waals surface area contributed by atoms with Gasteiger partial charge in [0.2, 0.25) is 10.0 Å². The molecule has 0 radical (unpaired) electrons. The van der Waals surface area contributed by atoms with Crippen LogP contribution in [0.3, 0.4) is 0 Å². The van der Waals surface area contributed by atoms with Gasteiger partial charge in [-0.15, -0.1) is 0 Å². The molecule has 0 aliphatic heterocycles. The normalized spacial score (nSPS) is 11.3. The van der Waals surface area contributed by atoms with Crippen LogP contribution >= 0.6 is 0 Å². The SMILES string of the molecule is CNS(=O)(=O)c1ccc(NC(=O)c2ccnn2C)cc1. The number of sulfonamides is 1. The number of rotatable bonds is 4. The second-order valence-corrected chi connectivity index (χ2v) is 5.91. The van der Waals surface area contributed by atoms with Gasteiger partial charge in [-0.25, -0.2) is 13.1 Å². The Bertz CT molecular complexity index is 719. The molecule has 2 N–H and O–H groups in total. The monoisotopic (exact) mass is 294 g/mol. The zero-order chi connectivity index (χ0) is 14.8. The summed E-state index contributed by atoms with van der Waals surface area (Å²) in [5.74, 6) is -0.311. The summed E-state index contributed by atoms with van der Waals surface area (Å²) >= 11 is 0. The summed E-state index contributed by atoms with van der Waals surface area (Å²) in [7, 11) is -0.465. The van der Waals surface area contributed by atoms with E-state index in [1.165, 1.54) is 42.2 Å². The number of carbonyl (C=O) groups excluding carboxylic acids is 1. The van der Waals surface area contributed by atoms with E-state index >= 15 is 0 Å². The molecule has 2 aromatic rings. The molecule has 7 nitrogen and oxygen atoms in total. The Morgan fingerprint density at radius 1 is 1.20 bits per heavy atom. The first-order chi connectivity index (χ1) is 9.44. The van der Waals surface area contributed by atoms with Crippen LogP contribution < -0.4 is 10.0 Å². The number of nitrogens with zero attached hydrogens (tertiary/aromatic N) is 2. The van der Waals surface area contributed by atoms with Crippen LogP contribution in [-0.2, 0) is 17.1 Å². The molecule has 0 bridgehead atoms. The van der Waals surface area contributed by atoms with Crippen molar-refractivity contribution in [2.24, 2.45) is 7.05 Å². The van der Waals surface area contributed by atoms with Gasteiger partial charge in [0.1, 0.15) is 5.69 Å². The van der Waals surface area contributed by atoms with Crippen molar-refractivity contribution in [1.82, 2.24) is 14.5 Å². The first-order valence-corrected chi connectivity index (χ1v) is 7.25. The lowest BCUT2D eigenvalue weighted by Crippen LogP contribution is -2.19. The number of aryl methyl sites for hydroxylation is 1. The van der Waals surface area contributed by atoms with Gasteiger partial charge in [-0.1, -0.05) is 0 Å². The van der Waals surface area contributed by atoms with E-state index in [1.54, 1.807) is 13.1 Å². The van der Waals surface area contributed by atoms with Crippen LogP contribution in [0.5, 0.6) is 0 Å². The number of carbonyl (C=O) groups is 1. The number of benzene rings is 1. The van der Waals surface area contributed by atoms with Crippen molar-refractivity contribution >= 4 is 21.6 Å². The lowest BCUT2D eigenvalue weighted by atomic mass is 10.3. The molecule has 1 aromatic carbocycles. The summed E-state index contributed by atoms with van der Waals surface area (Å²) in [5.41, 5.74) is 0.920.